The predicted molar refractivity (Wildman–Crippen MR) is 78.1 cm³/mol. The molecule has 3 aromatic heterocycles. The summed E-state index contributed by atoms with van der Waals surface area (Å²) in [6.07, 6.45) is 4.01. The molecule has 0 radical (unpaired) electrons. The summed E-state index contributed by atoms with van der Waals surface area (Å²) in [7, 11) is 1.93. The average molecular weight is 309 g/mol. The van der Waals surface area contributed by atoms with Crippen molar-refractivity contribution in [2.75, 3.05) is 0 Å². The topological polar surface area (TPSA) is 74.6 Å². The number of hydrogen-bond donors (Lipinski definition) is 0. The Morgan fingerprint density at radius 1 is 1.33 bits per heavy atom. The van der Waals surface area contributed by atoms with Gasteiger partial charge in [0.25, 0.3) is 0 Å². The smallest absolute Gasteiger partial charge is 0.228 e. The Morgan fingerprint density at radius 3 is 2.86 bits per heavy atom. The van der Waals surface area contributed by atoms with E-state index >= 15 is 0 Å². The zero-order chi connectivity index (χ0) is 14.8. The SMILES string of the molecule is CCCc1nn(C)c2c1nc(CCl)n2CCc1ncno1. The lowest BCUT2D eigenvalue weighted by Crippen LogP contribution is -2.08. The number of aromatic nitrogens is 6. The molecule has 0 aliphatic carbocycles. The Kier molecular flexibility index (Phi) is 3.92. The second kappa shape index (κ2) is 5.85. The largest absolute Gasteiger partial charge is 0.340 e. The predicted octanol–water partition coefficient (Wildman–Crippen LogP) is 2.09. The van der Waals surface area contributed by atoms with E-state index in [1.807, 2.05) is 11.7 Å². The Morgan fingerprint density at radius 2 is 2.19 bits per heavy atom. The van der Waals surface area contributed by atoms with Crippen LogP contribution in [0.15, 0.2) is 10.9 Å². The van der Waals surface area contributed by atoms with Gasteiger partial charge in [0.05, 0.1) is 11.6 Å². The molecule has 0 aliphatic rings. The maximum atomic E-state index is 6.04. The Hall–Kier alpha value is -1.89. The van der Waals surface area contributed by atoms with E-state index in [9.17, 15) is 0 Å². The van der Waals surface area contributed by atoms with Gasteiger partial charge in [-0.25, -0.2) is 4.98 Å². The summed E-state index contributed by atoms with van der Waals surface area (Å²) in [5.74, 6) is 1.81. The van der Waals surface area contributed by atoms with Crippen molar-refractivity contribution in [1.29, 1.82) is 0 Å². The van der Waals surface area contributed by atoms with E-state index in [2.05, 4.69) is 31.7 Å². The van der Waals surface area contributed by atoms with Crippen LogP contribution in [0.1, 0.15) is 30.8 Å². The van der Waals surface area contributed by atoms with Gasteiger partial charge in [-0.1, -0.05) is 18.5 Å². The standard InChI is InChI=1S/C13H17ClN6O/c1-3-4-9-12-13(19(2)18-9)20(10(7-14)17-12)6-5-11-15-8-16-21-11/h8H,3-7H2,1-2H3. The molecule has 0 spiro atoms. The summed E-state index contributed by atoms with van der Waals surface area (Å²) >= 11 is 6.04. The van der Waals surface area contributed by atoms with Gasteiger partial charge in [-0.05, 0) is 6.42 Å². The molecule has 0 saturated carbocycles. The van der Waals surface area contributed by atoms with Crippen molar-refractivity contribution in [3.05, 3.63) is 23.7 Å². The number of imidazole rings is 1. The molecule has 0 atom stereocenters. The minimum absolute atomic E-state index is 0.365. The molecule has 3 rings (SSSR count). The first kappa shape index (κ1) is 14.1. The first-order valence-electron chi connectivity index (χ1n) is 6.97. The zero-order valence-electron chi connectivity index (χ0n) is 12.1. The summed E-state index contributed by atoms with van der Waals surface area (Å²) in [6, 6.07) is 0. The Balaban J connectivity index is 1.99. The molecular weight excluding hydrogens is 292 g/mol. The van der Waals surface area contributed by atoms with Crippen LogP contribution in [0.2, 0.25) is 0 Å². The highest BCUT2D eigenvalue weighted by atomic mass is 35.5. The van der Waals surface area contributed by atoms with E-state index in [4.69, 9.17) is 16.1 Å². The van der Waals surface area contributed by atoms with E-state index in [1.54, 1.807) is 0 Å². The van der Waals surface area contributed by atoms with Crippen LogP contribution in [0.4, 0.5) is 0 Å². The van der Waals surface area contributed by atoms with Crippen molar-refractivity contribution in [2.24, 2.45) is 7.05 Å². The molecule has 7 nitrogen and oxygen atoms in total. The van der Waals surface area contributed by atoms with Crippen molar-refractivity contribution in [1.82, 2.24) is 29.5 Å². The van der Waals surface area contributed by atoms with Crippen LogP contribution >= 0.6 is 11.6 Å². The van der Waals surface area contributed by atoms with Gasteiger partial charge in [-0.15, -0.1) is 11.6 Å². The third kappa shape index (κ3) is 2.53. The molecule has 8 heteroatoms. The fourth-order valence-electron chi connectivity index (χ4n) is 2.54. The summed E-state index contributed by atoms with van der Waals surface area (Å²) < 4.78 is 9.00. The molecule has 0 amide bonds. The second-order valence-corrected chi connectivity index (χ2v) is 5.16. The first-order valence-corrected chi connectivity index (χ1v) is 7.50. The van der Waals surface area contributed by atoms with Crippen LogP contribution in [0.5, 0.6) is 0 Å². The van der Waals surface area contributed by atoms with Crippen molar-refractivity contribution in [3.8, 4) is 0 Å². The van der Waals surface area contributed by atoms with Crippen LogP contribution in [0, 0.1) is 0 Å². The monoisotopic (exact) mass is 308 g/mol. The van der Waals surface area contributed by atoms with Gasteiger partial charge >= 0.3 is 0 Å². The molecule has 0 fully saturated rings. The van der Waals surface area contributed by atoms with Gasteiger partial charge in [0.1, 0.15) is 11.3 Å². The van der Waals surface area contributed by atoms with E-state index in [0.29, 0.717) is 24.7 Å². The van der Waals surface area contributed by atoms with Crippen LogP contribution in [-0.2, 0) is 32.3 Å². The van der Waals surface area contributed by atoms with Crippen molar-refractivity contribution < 1.29 is 4.52 Å². The summed E-state index contributed by atoms with van der Waals surface area (Å²) in [4.78, 5) is 8.69. The maximum Gasteiger partial charge on any atom is 0.228 e. The lowest BCUT2D eigenvalue weighted by molar-refractivity contribution is 0.370. The molecule has 0 aliphatic heterocycles. The van der Waals surface area contributed by atoms with Gasteiger partial charge in [0.2, 0.25) is 5.89 Å². The molecule has 21 heavy (non-hydrogen) atoms. The summed E-state index contributed by atoms with van der Waals surface area (Å²) in [5.41, 5.74) is 2.96. The fourth-order valence-corrected chi connectivity index (χ4v) is 2.75. The van der Waals surface area contributed by atoms with Crippen LogP contribution in [0.25, 0.3) is 11.2 Å². The number of hydrogen-bond acceptors (Lipinski definition) is 5. The van der Waals surface area contributed by atoms with E-state index in [0.717, 1.165) is 35.5 Å². The number of halogens is 1. The highest BCUT2D eigenvalue weighted by Crippen LogP contribution is 2.22. The van der Waals surface area contributed by atoms with Crippen LogP contribution < -0.4 is 0 Å². The van der Waals surface area contributed by atoms with E-state index in [1.165, 1.54) is 6.33 Å². The molecule has 0 N–H and O–H groups in total. The third-order valence-electron chi connectivity index (χ3n) is 3.43. The van der Waals surface area contributed by atoms with Crippen LogP contribution in [-0.4, -0.2) is 29.5 Å². The molecule has 3 heterocycles. The average Bonchev–Trinajstić information content (AvgIpc) is 3.16. The molecule has 0 saturated heterocycles. The molecule has 0 bridgehead atoms. The lowest BCUT2D eigenvalue weighted by atomic mass is 10.2. The normalized spacial score (nSPS) is 11.6. The number of nitrogens with zero attached hydrogens (tertiary/aromatic N) is 6. The molecule has 112 valence electrons. The number of aryl methyl sites for hydroxylation is 4. The number of fused-ring (bicyclic) bond motifs is 1. The Bertz CT molecular complexity index is 730. The lowest BCUT2D eigenvalue weighted by Gasteiger charge is -2.06. The molecular formula is C13H17ClN6O. The van der Waals surface area contributed by atoms with Crippen molar-refractivity contribution in [3.63, 3.8) is 0 Å². The maximum absolute atomic E-state index is 6.04. The first-order chi connectivity index (χ1) is 10.2. The number of rotatable bonds is 6. The number of alkyl halides is 1. The molecule has 3 aromatic rings. The quantitative estimate of drug-likeness (QED) is 0.652. The van der Waals surface area contributed by atoms with Gasteiger partial charge in [0.15, 0.2) is 12.0 Å². The van der Waals surface area contributed by atoms with Crippen molar-refractivity contribution >= 4 is 22.8 Å². The van der Waals surface area contributed by atoms with Gasteiger partial charge in [0, 0.05) is 20.0 Å². The van der Waals surface area contributed by atoms with Gasteiger partial charge < -0.3 is 9.09 Å². The van der Waals surface area contributed by atoms with E-state index < -0.39 is 0 Å². The molecule has 0 unspecified atom stereocenters. The van der Waals surface area contributed by atoms with Crippen molar-refractivity contribution in [2.45, 2.75) is 38.6 Å². The van der Waals surface area contributed by atoms with Gasteiger partial charge in [-0.2, -0.15) is 10.1 Å². The summed E-state index contributed by atoms with van der Waals surface area (Å²) in [6.45, 7) is 2.82. The highest BCUT2D eigenvalue weighted by molar-refractivity contribution is 6.16. The minimum atomic E-state index is 0.365. The fraction of sp³-hybridized carbons (Fsp3) is 0.538. The second-order valence-electron chi connectivity index (χ2n) is 4.89. The van der Waals surface area contributed by atoms with E-state index in [-0.39, 0.29) is 0 Å². The summed E-state index contributed by atoms with van der Waals surface area (Å²) in [5, 5.41) is 8.18. The van der Waals surface area contributed by atoms with Crippen LogP contribution in [0.3, 0.4) is 0 Å². The Labute approximate surface area is 126 Å². The highest BCUT2D eigenvalue weighted by Gasteiger charge is 2.18. The zero-order valence-corrected chi connectivity index (χ0v) is 12.8. The third-order valence-corrected chi connectivity index (χ3v) is 3.67. The molecule has 0 aromatic carbocycles. The van der Waals surface area contributed by atoms with Gasteiger partial charge in [-0.3, -0.25) is 4.68 Å². The minimum Gasteiger partial charge on any atom is -0.340 e.